The van der Waals surface area contributed by atoms with Crippen LogP contribution in [0.25, 0.3) is 11.4 Å². The maximum atomic E-state index is 5.48. The summed E-state index contributed by atoms with van der Waals surface area (Å²) in [7, 11) is 1.89. The number of nitrogens with one attached hydrogen (secondary N) is 1. The first-order chi connectivity index (χ1) is 6.16. The average Bonchev–Trinajstić information content (AvgIpc) is 2.58. The molecule has 0 saturated heterocycles. The fourth-order valence-electron chi connectivity index (χ4n) is 1.33. The lowest BCUT2D eigenvalue weighted by atomic mass is 10.3. The standard InChI is InChI=1S/C8H11N5/c1-5-3-7(13(2)12-5)6-4-10-8(9)11-6/h3-4H,1-2H3,(H3,9,10,11). The summed E-state index contributed by atoms with van der Waals surface area (Å²) in [4.78, 5) is 6.88. The van der Waals surface area contributed by atoms with E-state index in [0.717, 1.165) is 17.1 Å². The monoisotopic (exact) mass is 177 g/mol. The van der Waals surface area contributed by atoms with E-state index in [2.05, 4.69) is 15.1 Å². The summed E-state index contributed by atoms with van der Waals surface area (Å²) < 4.78 is 1.79. The van der Waals surface area contributed by atoms with E-state index in [1.807, 2.05) is 20.0 Å². The van der Waals surface area contributed by atoms with Crippen LogP contribution in [0.5, 0.6) is 0 Å². The molecule has 68 valence electrons. The Kier molecular flexibility index (Phi) is 1.58. The summed E-state index contributed by atoms with van der Waals surface area (Å²) in [6.45, 7) is 1.95. The lowest BCUT2D eigenvalue weighted by molar-refractivity contribution is 0.762. The molecule has 5 heteroatoms. The Labute approximate surface area is 75.6 Å². The van der Waals surface area contributed by atoms with Crippen LogP contribution in [-0.4, -0.2) is 19.7 Å². The number of nitrogens with two attached hydrogens (primary N) is 1. The Bertz CT molecular complexity index is 425. The lowest BCUT2D eigenvalue weighted by Crippen LogP contribution is -1.94. The number of H-pyrrole nitrogens is 1. The van der Waals surface area contributed by atoms with Crippen molar-refractivity contribution < 1.29 is 0 Å². The van der Waals surface area contributed by atoms with Gasteiger partial charge in [-0.1, -0.05) is 0 Å². The highest BCUT2D eigenvalue weighted by molar-refractivity contribution is 5.56. The molecule has 0 radical (unpaired) electrons. The van der Waals surface area contributed by atoms with Gasteiger partial charge in [-0.3, -0.25) is 4.68 Å². The maximum absolute atomic E-state index is 5.48. The van der Waals surface area contributed by atoms with Crippen molar-refractivity contribution in [3.8, 4) is 11.4 Å². The molecule has 0 aliphatic heterocycles. The highest BCUT2D eigenvalue weighted by Gasteiger charge is 2.06. The van der Waals surface area contributed by atoms with Gasteiger partial charge in [0.1, 0.15) is 0 Å². The molecule has 0 bridgehead atoms. The summed E-state index contributed by atoms with van der Waals surface area (Å²) in [5, 5.41) is 4.22. The Morgan fingerprint density at radius 3 is 2.77 bits per heavy atom. The van der Waals surface area contributed by atoms with Crippen LogP contribution in [0.3, 0.4) is 0 Å². The van der Waals surface area contributed by atoms with Crippen LogP contribution in [0.4, 0.5) is 5.95 Å². The van der Waals surface area contributed by atoms with E-state index >= 15 is 0 Å². The van der Waals surface area contributed by atoms with Crippen LogP contribution in [0.15, 0.2) is 12.3 Å². The molecule has 5 nitrogen and oxygen atoms in total. The Morgan fingerprint density at radius 2 is 2.31 bits per heavy atom. The van der Waals surface area contributed by atoms with E-state index in [4.69, 9.17) is 5.73 Å². The van der Waals surface area contributed by atoms with Gasteiger partial charge >= 0.3 is 0 Å². The Morgan fingerprint density at radius 1 is 1.54 bits per heavy atom. The molecule has 2 aromatic rings. The predicted octanol–water partition coefficient (Wildman–Crippen LogP) is 0.701. The van der Waals surface area contributed by atoms with E-state index in [-0.39, 0.29) is 0 Å². The number of anilines is 1. The normalized spacial score (nSPS) is 10.6. The number of aromatic amines is 1. The van der Waals surface area contributed by atoms with Crippen molar-refractivity contribution in [3.63, 3.8) is 0 Å². The minimum atomic E-state index is 0.425. The molecule has 2 rings (SSSR count). The molecule has 0 atom stereocenters. The highest BCUT2D eigenvalue weighted by Crippen LogP contribution is 2.17. The van der Waals surface area contributed by atoms with Crippen LogP contribution in [0, 0.1) is 6.92 Å². The first kappa shape index (κ1) is 7.85. The van der Waals surface area contributed by atoms with Crippen molar-refractivity contribution in [1.82, 2.24) is 19.7 Å². The number of aryl methyl sites for hydroxylation is 2. The van der Waals surface area contributed by atoms with Crippen LogP contribution in [-0.2, 0) is 7.05 Å². The van der Waals surface area contributed by atoms with Gasteiger partial charge in [0, 0.05) is 7.05 Å². The van der Waals surface area contributed by atoms with Crippen molar-refractivity contribution in [2.24, 2.45) is 7.05 Å². The molecular weight excluding hydrogens is 166 g/mol. The highest BCUT2D eigenvalue weighted by atomic mass is 15.3. The summed E-state index contributed by atoms with van der Waals surface area (Å²) in [5.74, 6) is 0.425. The van der Waals surface area contributed by atoms with E-state index in [1.54, 1.807) is 10.9 Å². The van der Waals surface area contributed by atoms with Crippen LogP contribution in [0.1, 0.15) is 5.69 Å². The second-order valence-electron chi connectivity index (χ2n) is 2.98. The molecule has 0 saturated carbocycles. The largest absolute Gasteiger partial charge is 0.369 e. The van der Waals surface area contributed by atoms with Crippen molar-refractivity contribution >= 4 is 5.95 Å². The number of imidazole rings is 1. The fourth-order valence-corrected chi connectivity index (χ4v) is 1.33. The average molecular weight is 177 g/mol. The Hall–Kier alpha value is -1.78. The van der Waals surface area contributed by atoms with Gasteiger partial charge in [0.05, 0.1) is 23.3 Å². The minimum absolute atomic E-state index is 0.425. The number of hydrogen-bond donors (Lipinski definition) is 2. The summed E-state index contributed by atoms with van der Waals surface area (Å²) >= 11 is 0. The fraction of sp³-hybridized carbons (Fsp3) is 0.250. The molecule has 0 amide bonds. The zero-order valence-corrected chi connectivity index (χ0v) is 7.57. The molecule has 0 aliphatic rings. The van der Waals surface area contributed by atoms with Crippen LogP contribution < -0.4 is 5.73 Å². The van der Waals surface area contributed by atoms with Gasteiger partial charge in [-0.25, -0.2) is 4.98 Å². The summed E-state index contributed by atoms with van der Waals surface area (Å²) in [5.41, 5.74) is 8.33. The molecule has 0 aromatic carbocycles. The van der Waals surface area contributed by atoms with Gasteiger partial charge in [0.2, 0.25) is 0 Å². The zero-order valence-electron chi connectivity index (χ0n) is 7.57. The van der Waals surface area contributed by atoms with Gasteiger partial charge in [0.25, 0.3) is 0 Å². The van der Waals surface area contributed by atoms with Crippen LogP contribution >= 0.6 is 0 Å². The van der Waals surface area contributed by atoms with Gasteiger partial charge in [-0.05, 0) is 13.0 Å². The second-order valence-corrected chi connectivity index (χ2v) is 2.98. The number of aromatic nitrogens is 4. The second kappa shape index (κ2) is 2.62. The quantitative estimate of drug-likeness (QED) is 0.673. The van der Waals surface area contributed by atoms with Gasteiger partial charge in [-0.2, -0.15) is 5.10 Å². The third kappa shape index (κ3) is 1.28. The molecule has 0 fully saturated rings. The van der Waals surface area contributed by atoms with Crippen molar-refractivity contribution in [2.75, 3.05) is 5.73 Å². The minimum Gasteiger partial charge on any atom is -0.369 e. The number of nitrogens with zero attached hydrogens (tertiary/aromatic N) is 3. The maximum Gasteiger partial charge on any atom is 0.197 e. The molecule has 2 aromatic heterocycles. The topological polar surface area (TPSA) is 72.5 Å². The Balaban J connectivity index is 2.51. The van der Waals surface area contributed by atoms with Gasteiger partial charge < -0.3 is 10.7 Å². The molecular formula is C8H11N5. The molecule has 2 heterocycles. The van der Waals surface area contributed by atoms with Crippen molar-refractivity contribution in [1.29, 1.82) is 0 Å². The molecule has 13 heavy (non-hydrogen) atoms. The predicted molar refractivity (Wildman–Crippen MR) is 49.9 cm³/mol. The van der Waals surface area contributed by atoms with E-state index < -0.39 is 0 Å². The van der Waals surface area contributed by atoms with Crippen molar-refractivity contribution in [2.45, 2.75) is 6.92 Å². The zero-order chi connectivity index (χ0) is 9.42. The molecule has 0 aliphatic carbocycles. The molecule has 0 spiro atoms. The van der Waals surface area contributed by atoms with Gasteiger partial charge in [0.15, 0.2) is 5.95 Å². The first-order valence-electron chi connectivity index (χ1n) is 3.98. The number of rotatable bonds is 1. The van der Waals surface area contributed by atoms with Gasteiger partial charge in [-0.15, -0.1) is 0 Å². The number of nitrogen functional groups attached to an aromatic ring is 1. The summed E-state index contributed by atoms with van der Waals surface area (Å²) in [6, 6.07) is 1.98. The first-order valence-corrected chi connectivity index (χ1v) is 3.98. The van der Waals surface area contributed by atoms with Crippen LogP contribution in [0.2, 0.25) is 0 Å². The third-order valence-electron chi connectivity index (χ3n) is 1.87. The van der Waals surface area contributed by atoms with Crippen molar-refractivity contribution in [3.05, 3.63) is 18.0 Å². The lowest BCUT2D eigenvalue weighted by Gasteiger charge is -1.95. The van der Waals surface area contributed by atoms with E-state index in [9.17, 15) is 0 Å². The summed E-state index contributed by atoms with van der Waals surface area (Å²) in [6.07, 6.45) is 1.70. The molecule has 3 N–H and O–H groups in total. The number of hydrogen-bond acceptors (Lipinski definition) is 3. The smallest absolute Gasteiger partial charge is 0.197 e. The molecule has 0 unspecified atom stereocenters. The third-order valence-corrected chi connectivity index (χ3v) is 1.87. The van der Waals surface area contributed by atoms with E-state index in [0.29, 0.717) is 5.95 Å². The van der Waals surface area contributed by atoms with E-state index in [1.165, 1.54) is 0 Å². The SMILES string of the molecule is Cc1cc(-c2cnc(N)[nH]2)n(C)n1.